The second-order valence-corrected chi connectivity index (χ2v) is 17.4. The minimum Gasteiger partial charge on any atom is -0.462 e. The van der Waals surface area contributed by atoms with Crippen LogP contribution in [0.2, 0.25) is 0 Å². The molecule has 0 aliphatic rings. The van der Waals surface area contributed by atoms with Gasteiger partial charge in [-0.25, -0.2) is 0 Å². The summed E-state index contributed by atoms with van der Waals surface area (Å²) in [5, 5.41) is 0. The lowest BCUT2D eigenvalue weighted by molar-refractivity contribution is -0.167. The average Bonchev–Trinajstić information content (AvgIpc) is 3.28. The van der Waals surface area contributed by atoms with Gasteiger partial charge in [0.05, 0.1) is 0 Å². The van der Waals surface area contributed by atoms with Gasteiger partial charge in [0.15, 0.2) is 6.10 Å². The predicted molar refractivity (Wildman–Crippen MR) is 270 cm³/mol. The standard InChI is InChI=1S/C57H98O6/c1-4-7-10-13-16-19-22-24-26-27-28-29-31-32-35-38-41-44-47-50-56(59)62-53-54(52-61-55(58)49-46-43-40-37-34-21-18-15-12-9-6-3)63-57(60)51-48-45-42-39-36-33-30-25-23-20-17-14-11-8-5-2/h7-8,10-11,14,16-17,19-20,23-24,26,54H,4-6,9,12-13,15,18,21-22,25,27-53H2,1-3H3/b10-7-,11-8-,17-14-,19-16-,23-20-,26-24-. The van der Waals surface area contributed by atoms with Crippen molar-refractivity contribution in [3.8, 4) is 0 Å². The quantitative estimate of drug-likeness (QED) is 0.0199. The summed E-state index contributed by atoms with van der Waals surface area (Å²) in [7, 11) is 0. The van der Waals surface area contributed by atoms with Gasteiger partial charge in [-0.1, -0.05) is 235 Å². The van der Waals surface area contributed by atoms with Crippen LogP contribution in [-0.4, -0.2) is 37.2 Å². The van der Waals surface area contributed by atoms with E-state index in [-0.39, 0.29) is 31.1 Å². The van der Waals surface area contributed by atoms with Crippen molar-refractivity contribution < 1.29 is 28.6 Å². The van der Waals surface area contributed by atoms with Crippen molar-refractivity contribution >= 4 is 17.9 Å². The lowest BCUT2D eigenvalue weighted by atomic mass is 10.1. The van der Waals surface area contributed by atoms with Crippen molar-refractivity contribution in [1.82, 2.24) is 0 Å². The summed E-state index contributed by atoms with van der Waals surface area (Å²) in [5.41, 5.74) is 0. The van der Waals surface area contributed by atoms with Crippen LogP contribution in [0.5, 0.6) is 0 Å². The van der Waals surface area contributed by atoms with Crippen LogP contribution in [0, 0.1) is 0 Å². The molecule has 0 aromatic heterocycles. The van der Waals surface area contributed by atoms with Gasteiger partial charge in [0, 0.05) is 19.3 Å². The molecule has 0 radical (unpaired) electrons. The fourth-order valence-electron chi connectivity index (χ4n) is 7.34. The summed E-state index contributed by atoms with van der Waals surface area (Å²) in [4.78, 5) is 38.0. The number of allylic oxidation sites excluding steroid dienone is 12. The van der Waals surface area contributed by atoms with Gasteiger partial charge in [0.25, 0.3) is 0 Å². The third-order valence-corrected chi connectivity index (χ3v) is 11.3. The Morgan fingerprint density at radius 2 is 0.698 bits per heavy atom. The zero-order valence-electron chi connectivity index (χ0n) is 41.3. The third-order valence-electron chi connectivity index (χ3n) is 11.3. The van der Waals surface area contributed by atoms with Crippen molar-refractivity contribution in [1.29, 1.82) is 0 Å². The Bertz CT molecular complexity index is 1190. The Labute approximate surface area is 389 Å². The van der Waals surface area contributed by atoms with E-state index in [9.17, 15) is 14.4 Å². The Balaban J connectivity index is 4.35. The van der Waals surface area contributed by atoms with Crippen LogP contribution in [-0.2, 0) is 28.6 Å². The van der Waals surface area contributed by atoms with E-state index in [1.54, 1.807) is 0 Å². The highest BCUT2D eigenvalue weighted by atomic mass is 16.6. The van der Waals surface area contributed by atoms with Gasteiger partial charge in [0.1, 0.15) is 13.2 Å². The average molecular weight is 879 g/mol. The predicted octanol–water partition coefficient (Wildman–Crippen LogP) is 17.4. The van der Waals surface area contributed by atoms with Crippen molar-refractivity contribution in [2.75, 3.05) is 13.2 Å². The number of hydrogen-bond acceptors (Lipinski definition) is 6. The Morgan fingerprint density at radius 3 is 1.14 bits per heavy atom. The van der Waals surface area contributed by atoms with E-state index in [0.717, 1.165) is 89.9 Å². The summed E-state index contributed by atoms with van der Waals surface area (Å²) in [6, 6.07) is 0. The first-order valence-corrected chi connectivity index (χ1v) is 26.5. The van der Waals surface area contributed by atoms with Crippen LogP contribution in [0.3, 0.4) is 0 Å². The van der Waals surface area contributed by atoms with Crippen molar-refractivity contribution in [2.24, 2.45) is 0 Å². The van der Waals surface area contributed by atoms with Gasteiger partial charge in [-0.05, 0) is 70.6 Å². The zero-order valence-corrected chi connectivity index (χ0v) is 41.3. The highest BCUT2D eigenvalue weighted by Crippen LogP contribution is 2.15. The first-order valence-electron chi connectivity index (χ1n) is 26.5. The molecule has 1 atom stereocenters. The van der Waals surface area contributed by atoms with Crippen molar-refractivity contribution in [3.63, 3.8) is 0 Å². The van der Waals surface area contributed by atoms with E-state index in [4.69, 9.17) is 14.2 Å². The summed E-state index contributed by atoms with van der Waals surface area (Å²) in [5.74, 6) is -0.895. The number of carbonyl (C=O) groups is 3. The minimum atomic E-state index is -0.781. The highest BCUT2D eigenvalue weighted by molar-refractivity contribution is 5.71. The summed E-state index contributed by atoms with van der Waals surface area (Å²) in [6.45, 7) is 6.39. The second kappa shape index (κ2) is 51.5. The molecule has 0 spiro atoms. The lowest BCUT2D eigenvalue weighted by Gasteiger charge is -2.18. The van der Waals surface area contributed by atoms with E-state index in [0.29, 0.717) is 19.3 Å². The molecule has 6 nitrogen and oxygen atoms in total. The molecule has 63 heavy (non-hydrogen) atoms. The highest BCUT2D eigenvalue weighted by Gasteiger charge is 2.19. The van der Waals surface area contributed by atoms with Gasteiger partial charge in [-0.2, -0.15) is 0 Å². The molecule has 0 saturated heterocycles. The van der Waals surface area contributed by atoms with E-state index in [2.05, 4.69) is 93.7 Å². The Hall–Kier alpha value is -3.15. The van der Waals surface area contributed by atoms with Gasteiger partial charge < -0.3 is 14.2 Å². The van der Waals surface area contributed by atoms with Gasteiger partial charge >= 0.3 is 17.9 Å². The van der Waals surface area contributed by atoms with E-state index in [1.165, 1.54) is 122 Å². The molecular formula is C57H98O6. The molecule has 0 saturated carbocycles. The molecule has 0 bridgehead atoms. The maximum Gasteiger partial charge on any atom is 0.306 e. The third kappa shape index (κ3) is 49.7. The maximum atomic E-state index is 12.8. The number of unbranched alkanes of at least 4 members (excludes halogenated alkanes) is 26. The summed E-state index contributed by atoms with van der Waals surface area (Å²) < 4.78 is 16.8. The van der Waals surface area contributed by atoms with Crippen LogP contribution < -0.4 is 0 Å². The van der Waals surface area contributed by atoms with E-state index >= 15 is 0 Å². The van der Waals surface area contributed by atoms with E-state index in [1.807, 2.05) is 0 Å². The molecule has 6 heteroatoms. The van der Waals surface area contributed by atoms with Gasteiger partial charge in [-0.3, -0.25) is 14.4 Å². The fraction of sp³-hybridized carbons (Fsp3) is 0.737. The van der Waals surface area contributed by atoms with Gasteiger partial charge in [-0.15, -0.1) is 0 Å². The van der Waals surface area contributed by atoms with Crippen LogP contribution in [0.4, 0.5) is 0 Å². The lowest BCUT2D eigenvalue weighted by Crippen LogP contribution is -2.30. The zero-order chi connectivity index (χ0) is 45.8. The topological polar surface area (TPSA) is 78.9 Å². The normalized spacial score (nSPS) is 12.6. The second-order valence-electron chi connectivity index (χ2n) is 17.4. The molecule has 0 aliphatic carbocycles. The number of esters is 3. The molecule has 0 rings (SSSR count). The molecule has 1 unspecified atom stereocenters. The summed E-state index contributed by atoms with van der Waals surface area (Å²) in [6.07, 6.45) is 64.5. The van der Waals surface area contributed by atoms with Crippen molar-refractivity contribution in [3.05, 3.63) is 72.9 Å². The molecular weight excluding hydrogens is 781 g/mol. The van der Waals surface area contributed by atoms with E-state index < -0.39 is 6.10 Å². The molecule has 0 amide bonds. The van der Waals surface area contributed by atoms with Gasteiger partial charge in [0.2, 0.25) is 0 Å². The number of hydrogen-bond donors (Lipinski definition) is 0. The van der Waals surface area contributed by atoms with Crippen LogP contribution in [0.1, 0.15) is 252 Å². The number of rotatable bonds is 47. The van der Waals surface area contributed by atoms with Crippen LogP contribution in [0.15, 0.2) is 72.9 Å². The molecule has 0 aromatic rings. The Morgan fingerprint density at radius 1 is 0.349 bits per heavy atom. The molecule has 0 aliphatic heterocycles. The fourth-order valence-corrected chi connectivity index (χ4v) is 7.34. The smallest absolute Gasteiger partial charge is 0.306 e. The summed E-state index contributed by atoms with van der Waals surface area (Å²) >= 11 is 0. The van der Waals surface area contributed by atoms with Crippen LogP contribution in [0.25, 0.3) is 0 Å². The molecule has 0 heterocycles. The Kier molecular flexibility index (Phi) is 48.9. The molecule has 0 aromatic carbocycles. The van der Waals surface area contributed by atoms with Crippen molar-refractivity contribution in [2.45, 2.75) is 258 Å². The molecule has 362 valence electrons. The monoisotopic (exact) mass is 879 g/mol. The molecule has 0 N–H and O–H groups in total. The first-order chi connectivity index (χ1) is 31.0. The van der Waals surface area contributed by atoms with Crippen LogP contribution >= 0.6 is 0 Å². The first kappa shape index (κ1) is 59.9. The minimum absolute atomic E-state index is 0.0804. The number of carbonyl (C=O) groups excluding carboxylic acids is 3. The molecule has 0 fully saturated rings. The SMILES string of the molecule is CC\C=C/C=C\C=C/CCCCCCCCCC(=O)OC(COC(=O)CCCCCCCCCCC/C=C\C/C=C\C/C=C\CC)COC(=O)CCCCCCCCCCCCC. The maximum absolute atomic E-state index is 12.8. The number of ether oxygens (including phenoxy) is 3. The largest absolute Gasteiger partial charge is 0.462 e.